The van der Waals surface area contributed by atoms with Crippen LogP contribution < -0.4 is 16.0 Å². The largest absolute Gasteiger partial charge is 0.393 e. The molecule has 1 aromatic rings. The van der Waals surface area contributed by atoms with E-state index in [4.69, 9.17) is 10.5 Å². The van der Waals surface area contributed by atoms with Crippen LogP contribution in [-0.4, -0.2) is 43.7 Å². The summed E-state index contributed by atoms with van der Waals surface area (Å²) in [5, 5.41) is 13.3. The molecule has 1 heterocycles. The number of carbonyl (C=O) groups excluding carboxylic acids is 1. The number of morpholine rings is 1. The lowest BCUT2D eigenvalue weighted by Crippen LogP contribution is -2.53. The zero-order chi connectivity index (χ0) is 14.7. The van der Waals surface area contributed by atoms with Crippen molar-refractivity contribution in [2.45, 2.75) is 6.04 Å². The maximum Gasteiger partial charge on any atom is 0.292 e. The molecule has 1 fully saturated rings. The number of hydrogen-bond acceptors (Lipinski definition) is 6. The number of nitrogens with one attached hydrogen (secondary N) is 1. The monoisotopic (exact) mass is 280 g/mol. The fourth-order valence-electron chi connectivity index (χ4n) is 2.18. The Labute approximate surface area is 115 Å². The number of ether oxygens (including phenoxy) is 1. The smallest absolute Gasteiger partial charge is 0.292 e. The molecule has 1 unspecified atom stereocenters. The Kier molecular flexibility index (Phi) is 4.04. The van der Waals surface area contributed by atoms with Crippen molar-refractivity contribution in [3.05, 3.63) is 28.3 Å². The number of nitrogens with zero attached hydrogens (tertiary/aromatic N) is 2. The Morgan fingerprint density at radius 1 is 1.60 bits per heavy atom. The number of nitrogen functional groups attached to an aromatic ring is 1. The van der Waals surface area contributed by atoms with Crippen molar-refractivity contribution in [3.8, 4) is 0 Å². The van der Waals surface area contributed by atoms with Crippen molar-refractivity contribution in [2.24, 2.45) is 0 Å². The first-order chi connectivity index (χ1) is 9.54. The van der Waals surface area contributed by atoms with Gasteiger partial charge in [0, 0.05) is 25.3 Å². The van der Waals surface area contributed by atoms with Gasteiger partial charge in [-0.1, -0.05) is 0 Å². The number of benzene rings is 1. The molecule has 1 atom stereocenters. The molecule has 0 radical (unpaired) electrons. The number of hydrogen-bond donors (Lipinski definition) is 2. The number of anilines is 2. The fourth-order valence-corrected chi connectivity index (χ4v) is 2.18. The topological polar surface area (TPSA) is 111 Å². The molecule has 3 N–H and O–H groups in total. The maximum atomic E-state index is 11.8. The van der Waals surface area contributed by atoms with E-state index in [0.717, 1.165) is 0 Å². The van der Waals surface area contributed by atoms with Crippen molar-refractivity contribution >= 4 is 23.0 Å². The lowest BCUT2D eigenvalue weighted by atomic mass is 10.1. The third-order valence-corrected chi connectivity index (χ3v) is 3.22. The molecule has 1 aliphatic heterocycles. The Bertz CT molecular complexity index is 534. The third-order valence-electron chi connectivity index (χ3n) is 3.22. The van der Waals surface area contributed by atoms with Gasteiger partial charge >= 0.3 is 0 Å². The second-order valence-corrected chi connectivity index (χ2v) is 4.40. The Balaban J connectivity index is 2.31. The molecule has 0 bridgehead atoms. The Morgan fingerprint density at radius 3 is 2.95 bits per heavy atom. The van der Waals surface area contributed by atoms with Crippen LogP contribution in [0.15, 0.2) is 18.2 Å². The molecule has 8 heteroatoms. The minimum atomic E-state index is -0.533. The number of nitro groups is 1. The Hall–Kier alpha value is -2.35. The molecule has 0 saturated carbocycles. The minimum Gasteiger partial charge on any atom is -0.393 e. The molecule has 20 heavy (non-hydrogen) atoms. The second kappa shape index (κ2) is 5.74. The van der Waals surface area contributed by atoms with Crippen LogP contribution in [0.2, 0.25) is 0 Å². The van der Waals surface area contributed by atoms with E-state index in [2.05, 4.69) is 5.32 Å². The van der Waals surface area contributed by atoms with Gasteiger partial charge in [-0.2, -0.15) is 0 Å². The van der Waals surface area contributed by atoms with Gasteiger partial charge in [-0.25, -0.2) is 0 Å². The predicted molar refractivity (Wildman–Crippen MR) is 73.5 cm³/mol. The highest BCUT2D eigenvalue weighted by Crippen LogP contribution is 2.28. The van der Waals surface area contributed by atoms with E-state index in [1.165, 1.54) is 12.1 Å². The number of nitrogens with two attached hydrogens (primary N) is 1. The summed E-state index contributed by atoms with van der Waals surface area (Å²) in [6.07, 6.45) is 0. The highest BCUT2D eigenvalue weighted by molar-refractivity contribution is 5.86. The first-order valence-corrected chi connectivity index (χ1v) is 6.14. The van der Waals surface area contributed by atoms with Gasteiger partial charge in [-0.15, -0.1) is 0 Å². The van der Waals surface area contributed by atoms with Crippen LogP contribution in [-0.2, 0) is 9.53 Å². The van der Waals surface area contributed by atoms with Gasteiger partial charge in [-0.3, -0.25) is 14.9 Å². The van der Waals surface area contributed by atoms with E-state index in [9.17, 15) is 14.9 Å². The molecule has 1 amide bonds. The van der Waals surface area contributed by atoms with E-state index >= 15 is 0 Å². The number of likely N-dealkylation sites (N-methyl/N-ethyl adjacent to an activating group) is 1. The van der Waals surface area contributed by atoms with E-state index < -0.39 is 11.0 Å². The number of carbonyl (C=O) groups is 1. The average molecular weight is 280 g/mol. The summed E-state index contributed by atoms with van der Waals surface area (Å²) in [6, 6.07) is 3.99. The highest BCUT2D eigenvalue weighted by Gasteiger charge is 2.29. The van der Waals surface area contributed by atoms with Crippen LogP contribution in [0.25, 0.3) is 0 Å². The third kappa shape index (κ3) is 2.64. The summed E-state index contributed by atoms with van der Waals surface area (Å²) in [7, 11) is 1.55. The van der Waals surface area contributed by atoms with Crippen LogP contribution in [0.4, 0.5) is 17.1 Å². The SMILES string of the molecule is CNC(=O)C1COCCN1c1ccc([N+](=O)[O-])c(N)c1. The molecule has 0 aliphatic carbocycles. The molecule has 0 aromatic heterocycles. The van der Waals surface area contributed by atoms with Crippen LogP contribution >= 0.6 is 0 Å². The van der Waals surface area contributed by atoms with Gasteiger partial charge in [0.25, 0.3) is 5.69 Å². The number of amides is 1. The molecule has 1 aliphatic rings. The number of nitro benzene ring substituents is 1. The highest BCUT2D eigenvalue weighted by atomic mass is 16.6. The zero-order valence-corrected chi connectivity index (χ0v) is 11.0. The standard InChI is InChI=1S/C12H16N4O4/c1-14-12(17)11-7-20-5-4-15(11)8-2-3-10(16(18)19)9(13)6-8/h2-3,6,11H,4-5,7,13H2,1H3,(H,14,17). The minimum absolute atomic E-state index is 0.0784. The molecule has 108 valence electrons. The van der Waals surface area contributed by atoms with E-state index in [1.807, 2.05) is 4.90 Å². The molecular weight excluding hydrogens is 264 g/mol. The first-order valence-electron chi connectivity index (χ1n) is 6.14. The summed E-state index contributed by atoms with van der Waals surface area (Å²) < 4.78 is 5.31. The summed E-state index contributed by atoms with van der Waals surface area (Å²) >= 11 is 0. The quantitative estimate of drug-likeness (QED) is 0.462. The van der Waals surface area contributed by atoms with Gasteiger partial charge in [0.2, 0.25) is 5.91 Å². The molecule has 8 nitrogen and oxygen atoms in total. The lowest BCUT2D eigenvalue weighted by molar-refractivity contribution is -0.383. The summed E-state index contributed by atoms with van der Waals surface area (Å²) in [6.45, 7) is 1.29. The van der Waals surface area contributed by atoms with E-state index in [0.29, 0.717) is 18.8 Å². The number of rotatable bonds is 3. The first kappa shape index (κ1) is 14.1. The van der Waals surface area contributed by atoms with Crippen LogP contribution in [0.5, 0.6) is 0 Å². The average Bonchev–Trinajstić information content (AvgIpc) is 2.46. The lowest BCUT2D eigenvalue weighted by Gasteiger charge is -2.36. The van der Waals surface area contributed by atoms with Crippen molar-refractivity contribution < 1.29 is 14.5 Å². The van der Waals surface area contributed by atoms with Crippen molar-refractivity contribution in [1.29, 1.82) is 0 Å². The molecule has 1 saturated heterocycles. The fraction of sp³-hybridized carbons (Fsp3) is 0.417. The van der Waals surface area contributed by atoms with Gasteiger partial charge in [0.1, 0.15) is 11.7 Å². The van der Waals surface area contributed by atoms with Crippen LogP contribution in [0.3, 0.4) is 0 Å². The van der Waals surface area contributed by atoms with Crippen LogP contribution in [0.1, 0.15) is 0 Å². The normalized spacial score (nSPS) is 18.6. The van der Waals surface area contributed by atoms with Crippen molar-refractivity contribution in [2.75, 3.05) is 37.4 Å². The molecule has 2 rings (SSSR count). The van der Waals surface area contributed by atoms with Crippen molar-refractivity contribution in [3.63, 3.8) is 0 Å². The van der Waals surface area contributed by atoms with E-state index in [-0.39, 0.29) is 23.9 Å². The van der Waals surface area contributed by atoms with Crippen LogP contribution in [0, 0.1) is 10.1 Å². The van der Waals surface area contributed by atoms with Gasteiger partial charge in [0.15, 0.2) is 0 Å². The molecule has 0 spiro atoms. The Morgan fingerprint density at radius 2 is 2.35 bits per heavy atom. The molecular formula is C12H16N4O4. The van der Waals surface area contributed by atoms with Gasteiger partial charge < -0.3 is 20.7 Å². The van der Waals surface area contributed by atoms with Crippen molar-refractivity contribution in [1.82, 2.24) is 5.32 Å². The van der Waals surface area contributed by atoms with Gasteiger partial charge in [0.05, 0.1) is 18.1 Å². The summed E-state index contributed by atoms with van der Waals surface area (Å²) in [5.41, 5.74) is 6.29. The zero-order valence-electron chi connectivity index (χ0n) is 11.0. The van der Waals surface area contributed by atoms with Gasteiger partial charge in [-0.05, 0) is 12.1 Å². The predicted octanol–water partition coefficient (Wildman–Crippen LogP) is 0.128. The van der Waals surface area contributed by atoms with E-state index in [1.54, 1.807) is 13.1 Å². The molecule has 1 aromatic carbocycles. The summed E-state index contributed by atoms with van der Waals surface area (Å²) in [4.78, 5) is 23.9. The second-order valence-electron chi connectivity index (χ2n) is 4.40. The maximum absolute atomic E-state index is 11.8. The summed E-state index contributed by atoms with van der Waals surface area (Å²) in [5.74, 6) is -0.165.